The minimum Gasteiger partial charge on any atom is -0.392 e. The van der Waals surface area contributed by atoms with Crippen molar-refractivity contribution < 1.29 is 9.00 Å². The number of carbonyl (C=O) groups is 1. The van der Waals surface area contributed by atoms with Crippen molar-refractivity contribution >= 4 is 33.9 Å². The largest absolute Gasteiger partial charge is 0.392 e. The quantitative estimate of drug-likeness (QED) is 0.648. The van der Waals surface area contributed by atoms with E-state index in [0.29, 0.717) is 12.3 Å². The number of carbonyl (C=O) groups excluding carboxylic acids is 1. The van der Waals surface area contributed by atoms with E-state index in [1.807, 2.05) is 0 Å². The van der Waals surface area contributed by atoms with Crippen molar-refractivity contribution in [2.45, 2.75) is 13.8 Å². The third-order valence-electron chi connectivity index (χ3n) is 1.86. The Labute approximate surface area is 92.1 Å². The van der Waals surface area contributed by atoms with Gasteiger partial charge in [0.1, 0.15) is 0 Å². The first-order valence-corrected chi connectivity index (χ1v) is 6.30. The van der Waals surface area contributed by atoms with Gasteiger partial charge in [0.2, 0.25) is 5.91 Å². The fourth-order valence-electron chi connectivity index (χ4n) is 0.641. The highest BCUT2D eigenvalue weighted by Crippen LogP contribution is 2.14. The molecule has 0 saturated carbocycles. The van der Waals surface area contributed by atoms with Gasteiger partial charge in [-0.3, -0.25) is 9.00 Å². The Morgan fingerprint density at radius 2 is 2.07 bits per heavy atom. The van der Waals surface area contributed by atoms with Crippen molar-refractivity contribution in [3.05, 3.63) is 0 Å². The molecule has 0 aliphatic heterocycles. The maximum Gasteiger partial charge on any atom is 0.232 e. The van der Waals surface area contributed by atoms with Crippen LogP contribution in [0.4, 0.5) is 0 Å². The number of thiocarbonyl (C=S) groups is 1. The lowest BCUT2D eigenvalue weighted by Gasteiger charge is -2.21. The van der Waals surface area contributed by atoms with Crippen molar-refractivity contribution in [2.24, 2.45) is 11.1 Å². The molecule has 1 atom stereocenters. The minimum absolute atomic E-state index is 0.160. The molecule has 0 heterocycles. The third kappa shape index (κ3) is 4.15. The van der Waals surface area contributed by atoms with E-state index in [9.17, 15) is 9.00 Å². The molecule has 14 heavy (non-hydrogen) atoms. The Hall–Kier alpha value is -0.490. The molecule has 1 unspecified atom stereocenters. The van der Waals surface area contributed by atoms with Crippen LogP contribution in [0.2, 0.25) is 0 Å². The third-order valence-corrected chi connectivity index (χ3v) is 3.15. The van der Waals surface area contributed by atoms with Crippen molar-refractivity contribution in [1.29, 1.82) is 0 Å². The summed E-state index contributed by atoms with van der Waals surface area (Å²) in [5.74, 6) is 0.217. The summed E-state index contributed by atoms with van der Waals surface area (Å²) in [4.78, 5) is 11.7. The second kappa shape index (κ2) is 5.41. The molecular weight excluding hydrogens is 220 g/mol. The molecule has 0 aromatic rings. The van der Waals surface area contributed by atoms with Crippen molar-refractivity contribution in [3.63, 3.8) is 0 Å². The van der Waals surface area contributed by atoms with Crippen LogP contribution < -0.4 is 11.1 Å². The summed E-state index contributed by atoms with van der Waals surface area (Å²) in [6.07, 6.45) is 1.59. The van der Waals surface area contributed by atoms with Gasteiger partial charge in [-0.15, -0.1) is 0 Å². The van der Waals surface area contributed by atoms with Crippen molar-refractivity contribution in [3.8, 4) is 0 Å². The summed E-state index contributed by atoms with van der Waals surface area (Å²) in [6, 6.07) is 0. The second-order valence-corrected chi connectivity index (χ2v) is 5.52. The fraction of sp³-hybridized carbons (Fsp3) is 0.750. The molecule has 0 bridgehead atoms. The molecule has 0 aromatic heterocycles. The number of rotatable bonds is 5. The van der Waals surface area contributed by atoms with Gasteiger partial charge in [0.15, 0.2) is 0 Å². The van der Waals surface area contributed by atoms with Crippen LogP contribution >= 0.6 is 12.2 Å². The monoisotopic (exact) mass is 236 g/mol. The zero-order chi connectivity index (χ0) is 11.4. The van der Waals surface area contributed by atoms with E-state index in [1.165, 1.54) is 0 Å². The molecule has 82 valence electrons. The van der Waals surface area contributed by atoms with E-state index in [-0.39, 0.29) is 10.9 Å². The molecule has 0 fully saturated rings. The van der Waals surface area contributed by atoms with Gasteiger partial charge in [-0.1, -0.05) is 12.2 Å². The maximum atomic E-state index is 11.5. The van der Waals surface area contributed by atoms with E-state index in [4.69, 9.17) is 18.0 Å². The van der Waals surface area contributed by atoms with Gasteiger partial charge in [0.05, 0.1) is 10.4 Å². The van der Waals surface area contributed by atoms with Crippen LogP contribution in [0.15, 0.2) is 0 Å². The SMILES string of the molecule is CS(=O)CCNC(=O)C(C)(C)C(N)=S. The number of amides is 1. The van der Waals surface area contributed by atoms with Crippen LogP contribution in [0, 0.1) is 5.41 Å². The zero-order valence-electron chi connectivity index (χ0n) is 8.62. The summed E-state index contributed by atoms with van der Waals surface area (Å²) in [7, 11) is -0.898. The predicted octanol–water partition coefficient (Wildman–Crippen LogP) is -0.207. The van der Waals surface area contributed by atoms with Crippen molar-refractivity contribution in [1.82, 2.24) is 5.32 Å². The van der Waals surface area contributed by atoms with Crippen LogP contribution in [0.1, 0.15) is 13.8 Å². The minimum atomic E-state index is -0.898. The van der Waals surface area contributed by atoms with Crippen LogP contribution in [0.3, 0.4) is 0 Å². The average molecular weight is 236 g/mol. The molecule has 0 aliphatic carbocycles. The Kier molecular flexibility index (Phi) is 5.22. The van der Waals surface area contributed by atoms with Crippen LogP contribution in [-0.2, 0) is 15.6 Å². The van der Waals surface area contributed by atoms with Crippen molar-refractivity contribution in [2.75, 3.05) is 18.6 Å². The normalized spacial score (nSPS) is 13.4. The van der Waals surface area contributed by atoms with E-state index in [0.717, 1.165) is 0 Å². The van der Waals surface area contributed by atoms with Gasteiger partial charge in [-0.05, 0) is 13.8 Å². The van der Waals surface area contributed by atoms with Crippen LogP contribution in [-0.4, -0.2) is 33.7 Å². The summed E-state index contributed by atoms with van der Waals surface area (Å²) >= 11 is 4.77. The van der Waals surface area contributed by atoms with Crippen LogP contribution in [0.5, 0.6) is 0 Å². The molecular formula is C8H16N2O2S2. The fourth-order valence-corrected chi connectivity index (χ4v) is 1.12. The van der Waals surface area contributed by atoms with E-state index < -0.39 is 16.2 Å². The molecule has 4 nitrogen and oxygen atoms in total. The lowest BCUT2D eigenvalue weighted by molar-refractivity contribution is -0.126. The molecule has 1 amide bonds. The second-order valence-electron chi connectivity index (χ2n) is 3.52. The van der Waals surface area contributed by atoms with Crippen LogP contribution in [0.25, 0.3) is 0 Å². The maximum absolute atomic E-state index is 11.5. The highest BCUT2D eigenvalue weighted by atomic mass is 32.2. The summed E-state index contributed by atoms with van der Waals surface area (Å²) < 4.78 is 10.7. The Morgan fingerprint density at radius 1 is 1.57 bits per heavy atom. The first kappa shape index (κ1) is 13.5. The lowest BCUT2D eigenvalue weighted by Crippen LogP contribution is -2.45. The van der Waals surface area contributed by atoms with Gasteiger partial charge in [-0.25, -0.2) is 0 Å². The summed E-state index contributed by atoms with van der Waals surface area (Å²) in [5.41, 5.74) is 4.57. The zero-order valence-corrected chi connectivity index (χ0v) is 10.3. The molecule has 6 heteroatoms. The number of hydrogen-bond acceptors (Lipinski definition) is 3. The Morgan fingerprint density at radius 3 is 2.43 bits per heavy atom. The highest BCUT2D eigenvalue weighted by Gasteiger charge is 2.30. The molecule has 0 spiro atoms. The summed E-state index contributed by atoms with van der Waals surface area (Å²) in [5, 5.41) is 2.64. The Balaban J connectivity index is 4.09. The number of nitrogens with two attached hydrogens (primary N) is 1. The van der Waals surface area contributed by atoms with Gasteiger partial charge < -0.3 is 11.1 Å². The van der Waals surface area contributed by atoms with E-state index >= 15 is 0 Å². The van der Waals surface area contributed by atoms with Gasteiger partial charge in [-0.2, -0.15) is 0 Å². The van der Waals surface area contributed by atoms with Gasteiger partial charge in [0.25, 0.3) is 0 Å². The number of hydrogen-bond donors (Lipinski definition) is 2. The predicted molar refractivity (Wildman–Crippen MR) is 62.5 cm³/mol. The molecule has 0 radical (unpaired) electrons. The summed E-state index contributed by atoms with van der Waals surface area (Å²) in [6.45, 7) is 3.70. The number of nitrogens with one attached hydrogen (secondary N) is 1. The highest BCUT2D eigenvalue weighted by molar-refractivity contribution is 7.84. The molecule has 0 rings (SSSR count). The van der Waals surface area contributed by atoms with Gasteiger partial charge in [0, 0.05) is 29.4 Å². The standard InChI is InChI=1S/C8H16N2O2S2/c1-8(2,6(9)13)7(11)10-4-5-14(3)12/h4-5H2,1-3H3,(H2,9,13)(H,10,11). The average Bonchev–Trinajstić information content (AvgIpc) is 2.02. The molecule has 0 aliphatic rings. The molecule has 0 saturated heterocycles. The van der Waals surface area contributed by atoms with E-state index in [2.05, 4.69) is 5.32 Å². The van der Waals surface area contributed by atoms with Gasteiger partial charge >= 0.3 is 0 Å². The Bertz CT molecular complexity index is 264. The smallest absolute Gasteiger partial charge is 0.232 e. The van der Waals surface area contributed by atoms with E-state index in [1.54, 1.807) is 20.1 Å². The molecule has 0 aromatic carbocycles. The molecule has 3 N–H and O–H groups in total. The topological polar surface area (TPSA) is 72.2 Å². The lowest BCUT2D eigenvalue weighted by atomic mass is 9.92. The first-order valence-electron chi connectivity index (χ1n) is 4.16. The first-order chi connectivity index (χ1) is 6.28.